The Morgan fingerprint density at radius 1 is 1.50 bits per heavy atom. The van der Waals surface area contributed by atoms with Crippen LogP contribution in [-0.4, -0.2) is 26.0 Å². The van der Waals surface area contributed by atoms with Crippen molar-refractivity contribution in [3.05, 3.63) is 46.0 Å². The topological polar surface area (TPSA) is 85.9 Å². The number of nitrogens with zero attached hydrogens (tertiary/aromatic N) is 4. The Kier molecular flexibility index (Phi) is 4.04. The molecular formula is C12H14FN5O2. The van der Waals surface area contributed by atoms with Crippen molar-refractivity contribution in [2.45, 2.75) is 26.4 Å². The lowest BCUT2D eigenvalue weighted by Crippen LogP contribution is -2.21. The van der Waals surface area contributed by atoms with E-state index >= 15 is 0 Å². The molecular weight excluding hydrogens is 265 g/mol. The van der Waals surface area contributed by atoms with Crippen LogP contribution in [0.25, 0.3) is 5.69 Å². The summed E-state index contributed by atoms with van der Waals surface area (Å²) in [5.41, 5.74) is 0.506. The van der Waals surface area contributed by atoms with E-state index in [0.717, 1.165) is 12.1 Å². The first-order chi connectivity index (χ1) is 9.47. The van der Waals surface area contributed by atoms with E-state index in [9.17, 15) is 14.5 Å². The molecule has 0 atom stereocenters. The van der Waals surface area contributed by atoms with Crippen LogP contribution in [0.1, 0.15) is 19.5 Å². The summed E-state index contributed by atoms with van der Waals surface area (Å²) in [6, 6.07) is 3.90. The van der Waals surface area contributed by atoms with Crippen LogP contribution >= 0.6 is 0 Å². The van der Waals surface area contributed by atoms with E-state index in [1.54, 1.807) is 6.20 Å². The first kappa shape index (κ1) is 14.1. The van der Waals surface area contributed by atoms with Crippen LogP contribution in [0.4, 0.5) is 10.1 Å². The van der Waals surface area contributed by atoms with E-state index in [1.165, 1.54) is 10.7 Å². The first-order valence-corrected chi connectivity index (χ1v) is 6.06. The number of hydrogen-bond donors (Lipinski definition) is 1. The summed E-state index contributed by atoms with van der Waals surface area (Å²) < 4.78 is 14.6. The van der Waals surface area contributed by atoms with Crippen molar-refractivity contribution < 1.29 is 9.31 Å². The summed E-state index contributed by atoms with van der Waals surface area (Å²) in [5.74, 6) is -0.874. The minimum Gasteiger partial charge on any atom is -0.309 e. The van der Waals surface area contributed by atoms with Gasteiger partial charge in [0.25, 0.3) is 0 Å². The fourth-order valence-electron chi connectivity index (χ4n) is 1.60. The maximum atomic E-state index is 13.3. The second kappa shape index (κ2) is 5.74. The molecule has 0 aliphatic carbocycles. The molecule has 0 bridgehead atoms. The molecule has 2 aromatic rings. The van der Waals surface area contributed by atoms with E-state index in [1.807, 2.05) is 13.8 Å². The minimum atomic E-state index is -0.874. The lowest BCUT2D eigenvalue weighted by molar-refractivity contribution is -0.387. The Morgan fingerprint density at radius 3 is 2.90 bits per heavy atom. The third kappa shape index (κ3) is 3.15. The highest BCUT2D eigenvalue weighted by molar-refractivity contribution is 5.43. The fourth-order valence-corrected chi connectivity index (χ4v) is 1.60. The molecule has 0 unspecified atom stereocenters. The Morgan fingerprint density at radius 2 is 2.25 bits per heavy atom. The lowest BCUT2D eigenvalue weighted by atomic mass is 10.2. The van der Waals surface area contributed by atoms with Crippen molar-refractivity contribution in [3.63, 3.8) is 0 Å². The van der Waals surface area contributed by atoms with Crippen LogP contribution in [-0.2, 0) is 6.54 Å². The van der Waals surface area contributed by atoms with Gasteiger partial charge in [-0.3, -0.25) is 10.1 Å². The molecule has 0 saturated heterocycles. The smallest absolute Gasteiger partial charge is 0.306 e. The van der Waals surface area contributed by atoms with Crippen LogP contribution in [0.5, 0.6) is 0 Å². The molecule has 0 aliphatic rings. The third-order valence-corrected chi connectivity index (χ3v) is 2.62. The number of nitro groups is 1. The van der Waals surface area contributed by atoms with Crippen molar-refractivity contribution in [1.82, 2.24) is 20.3 Å². The summed E-state index contributed by atoms with van der Waals surface area (Å²) in [5, 5.41) is 21.7. The van der Waals surface area contributed by atoms with Crippen molar-refractivity contribution >= 4 is 5.69 Å². The zero-order valence-electron chi connectivity index (χ0n) is 11.1. The van der Waals surface area contributed by atoms with Gasteiger partial charge in [-0.1, -0.05) is 19.1 Å². The van der Waals surface area contributed by atoms with Crippen molar-refractivity contribution in [3.8, 4) is 5.69 Å². The highest BCUT2D eigenvalue weighted by Gasteiger charge is 2.15. The van der Waals surface area contributed by atoms with Crippen molar-refractivity contribution in [1.29, 1.82) is 0 Å². The van der Waals surface area contributed by atoms with Crippen LogP contribution in [0.3, 0.4) is 0 Å². The molecule has 0 fully saturated rings. The molecule has 0 radical (unpaired) electrons. The number of hydrogen-bond acceptors (Lipinski definition) is 5. The number of aromatic nitrogens is 3. The number of nitro benzene ring substituents is 1. The summed E-state index contributed by atoms with van der Waals surface area (Å²) in [6.45, 7) is 4.56. The normalized spacial score (nSPS) is 11.0. The fraction of sp³-hybridized carbons (Fsp3) is 0.333. The first-order valence-electron chi connectivity index (χ1n) is 6.06. The minimum absolute atomic E-state index is 0.312. The van der Waals surface area contributed by atoms with Gasteiger partial charge in [-0.05, 0) is 12.1 Å². The van der Waals surface area contributed by atoms with Crippen LogP contribution in [0, 0.1) is 15.9 Å². The van der Waals surface area contributed by atoms with Crippen LogP contribution in [0.2, 0.25) is 0 Å². The standard InChI is InChI=1S/C12H14FN5O2/c1-8(2)14-6-9-7-17(16-15-9)10-3-4-11(13)12(5-10)18(19)20/h3-5,7-8,14H,6H2,1-2H3. The molecule has 1 aromatic carbocycles. The van der Waals surface area contributed by atoms with Gasteiger partial charge in [-0.15, -0.1) is 5.10 Å². The Labute approximate surface area is 114 Å². The predicted molar refractivity (Wildman–Crippen MR) is 69.9 cm³/mol. The second-order valence-corrected chi connectivity index (χ2v) is 4.58. The van der Waals surface area contributed by atoms with Crippen molar-refractivity contribution in [2.24, 2.45) is 0 Å². The number of rotatable bonds is 5. The SMILES string of the molecule is CC(C)NCc1cn(-c2ccc(F)c([N+](=O)[O-])c2)nn1. The average molecular weight is 279 g/mol. The van der Waals surface area contributed by atoms with Gasteiger partial charge in [0.05, 0.1) is 22.5 Å². The third-order valence-electron chi connectivity index (χ3n) is 2.62. The molecule has 7 nitrogen and oxygen atoms in total. The Bertz CT molecular complexity index is 626. The van der Waals surface area contributed by atoms with Gasteiger partial charge >= 0.3 is 5.69 Å². The van der Waals surface area contributed by atoms with Gasteiger partial charge in [0.2, 0.25) is 5.82 Å². The monoisotopic (exact) mass is 279 g/mol. The summed E-state index contributed by atoms with van der Waals surface area (Å²) in [6.07, 6.45) is 1.65. The summed E-state index contributed by atoms with van der Waals surface area (Å²) in [4.78, 5) is 9.93. The highest BCUT2D eigenvalue weighted by Crippen LogP contribution is 2.20. The number of nitrogens with one attached hydrogen (secondary N) is 1. The van der Waals surface area contributed by atoms with Gasteiger partial charge in [-0.2, -0.15) is 4.39 Å². The molecule has 0 saturated carbocycles. The Hall–Kier alpha value is -2.35. The quantitative estimate of drug-likeness (QED) is 0.666. The second-order valence-electron chi connectivity index (χ2n) is 4.58. The highest BCUT2D eigenvalue weighted by atomic mass is 19.1. The van der Waals surface area contributed by atoms with Gasteiger partial charge in [0.15, 0.2) is 0 Å². The predicted octanol–water partition coefficient (Wildman–Crippen LogP) is 1.81. The molecule has 0 spiro atoms. The molecule has 2 rings (SSSR count). The van der Waals surface area contributed by atoms with E-state index in [-0.39, 0.29) is 0 Å². The zero-order chi connectivity index (χ0) is 14.7. The van der Waals surface area contributed by atoms with Crippen LogP contribution < -0.4 is 5.32 Å². The van der Waals surface area contributed by atoms with Crippen molar-refractivity contribution in [2.75, 3.05) is 0 Å². The molecule has 0 aliphatic heterocycles. The van der Waals surface area contributed by atoms with E-state index in [4.69, 9.17) is 0 Å². The summed E-state index contributed by atoms with van der Waals surface area (Å²) in [7, 11) is 0. The molecule has 1 N–H and O–H groups in total. The zero-order valence-corrected chi connectivity index (χ0v) is 11.1. The molecule has 1 aromatic heterocycles. The maximum Gasteiger partial charge on any atom is 0.306 e. The maximum absolute atomic E-state index is 13.3. The molecule has 20 heavy (non-hydrogen) atoms. The number of halogens is 1. The lowest BCUT2D eigenvalue weighted by Gasteiger charge is -2.04. The van der Waals surface area contributed by atoms with E-state index in [2.05, 4.69) is 15.6 Å². The largest absolute Gasteiger partial charge is 0.309 e. The molecule has 106 valence electrons. The Balaban J connectivity index is 2.24. The van der Waals surface area contributed by atoms with Gasteiger partial charge < -0.3 is 5.32 Å². The molecule has 0 amide bonds. The molecule has 1 heterocycles. The van der Waals surface area contributed by atoms with E-state index in [0.29, 0.717) is 24.0 Å². The van der Waals surface area contributed by atoms with Gasteiger partial charge in [0.1, 0.15) is 0 Å². The summed E-state index contributed by atoms with van der Waals surface area (Å²) >= 11 is 0. The van der Waals surface area contributed by atoms with Crippen LogP contribution in [0.15, 0.2) is 24.4 Å². The number of benzene rings is 1. The van der Waals surface area contributed by atoms with Gasteiger partial charge in [-0.25, -0.2) is 4.68 Å². The van der Waals surface area contributed by atoms with E-state index < -0.39 is 16.4 Å². The molecule has 8 heteroatoms. The average Bonchev–Trinajstić information content (AvgIpc) is 2.85. The van der Waals surface area contributed by atoms with Gasteiger partial charge in [0, 0.05) is 18.7 Å².